The highest BCUT2D eigenvalue weighted by Gasteiger charge is 2.36. The summed E-state index contributed by atoms with van der Waals surface area (Å²) in [5, 5.41) is 3.50. The van der Waals surface area contributed by atoms with E-state index in [9.17, 15) is 0 Å². The Balaban J connectivity index is 1.35. The van der Waals surface area contributed by atoms with Gasteiger partial charge in [0, 0.05) is 38.9 Å². The molecule has 2 fully saturated rings. The number of likely N-dealkylation sites (tertiary alicyclic amines) is 2. The molecule has 0 spiro atoms. The number of benzene rings is 1. The largest absolute Gasteiger partial charge is 0.351 e. The summed E-state index contributed by atoms with van der Waals surface area (Å²) in [5.74, 6) is 2.50. The van der Waals surface area contributed by atoms with Crippen LogP contribution in [0.5, 0.6) is 0 Å². The van der Waals surface area contributed by atoms with Gasteiger partial charge in [-0.15, -0.1) is 0 Å². The number of aliphatic imine (C=N–C) groups is 1. The van der Waals surface area contributed by atoms with E-state index >= 15 is 0 Å². The van der Waals surface area contributed by atoms with Crippen LogP contribution in [0.4, 0.5) is 0 Å². The number of hydrogen-bond donors (Lipinski definition) is 1. The van der Waals surface area contributed by atoms with E-state index < -0.39 is 0 Å². The maximum Gasteiger partial charge on any atom is 0.193 e. The molecule has 6 nitrogen and oxygen atoms in total. The SMILES string of the molecule is CN=C(NCc1ccnc(C)n1)N1CCC2C(CCCN2Cc2ccccc2)C1. The van der Waals surface area contributed by atoms with Crippen molar-refractivity contribution in [3.05, 3.63) is 59.7 Å². The predicted molar refractivity (Wildman–Crippen MR) is 117 cm³/mol. The predicted octanol–water partition coefficient (Wildman–Crippen LogP) is 2.85. The Morgan fingerprint density at radius 1 is 1.17 bits per heavy atom. The number of piperidine rings is 2. The second kappa shape index (κ2) is 9.35. The van der Waals surface area contributed by atoms with Gasteiger partial charge < -0.3 is 10.2 Å². The Labute approximate surface area is 174 Å². The smallest absolute Gasteiger partial charge is 0.193 e. The summed E-state index contributed by atoms with van der Waals surface area (Å²) in [5.41, 5.74) is 2.42. The fourth-order valence-corrected chi connectivity index (χ4v) is 4.82. The highest BCUT2D eigenvalue weighted by Crippen LogP contribution is 2.31. The van der Waals surface area contributed by atoms with Crippen molar-refractivity contribution in [2.24, 2.45) is 10.9 Å². The van der Waals surface area contributed by atoms with Gasteiger partial charge in [0.05, 0.1) is 12.2 Å². The molecule has 2 atom stereocenters. The first kappa shape index (κ1) is 19.8. The molecule has 0 saturated carbocycles. The molecule has 1 N–H and O–H groups in total. The Morgan fingerprint density at radius 3 is 2.83 bits per heavy atom. The molecule has 1 aromatic heterocycles. The molecule has 1 aromatic carbocycles. The van der Waals surface area contributed by atoms with Gasteiger partial charge >= 0.3 is 0 Å². The summed E-state index contributed by atoms with van der Waals surface area (Å²) in [6.07, 6.45) is 5.62. The molecule has 3 heterocycles. The summed E-state index contributed by atoms with van der Waals surface area (Å²) < 4.78 is 0. The monoisotopic (exact) mass is 392 g/mol. The average molecular weight is 393 g/mol. The third-order valence-electron chi connectivity index (χ3n) is 6.18. The number of aromatic nitrogens is 2. The first-order valence-electron chi connectivity index (χ1n) is 10.7. The summed E-state index contributed by atoms with van der Waals surface area (Å²) in [7, 11) is 1.88. The van der Waals surface area contributed by atoms with Crippen molar-refractivity contribution < 1.29 is 0 Å². The second-order valence-corrected chi connectivity index (χ2v) is 8.16. The number of rotatable bonds is 4. The molecule has 2 aliphatic rings. The van der Waals surface area contributed by atoms with Crippen molar-refractivity contribution in [1.29, 1.82) is 0 Å². The first-order chi connectivity index (χ1) is 14.2. The lowest BCUT2D eigenvalue weighted by atomic mass is 9.83. The number of nitrogens with one attached hydrogen (secondary N) is 1. The first-order valence-corrected chi connectivity index (χ1v) is 10.7. The van der Waals surface area contributed by atoms with Gasteiger partial charge in [-0.2, -0.15) is 0 Å². The minimum absolute atomic E-state index is 0.681. The Morgan fingerprint density at radius 2 is 2.03 bits per heavy atom. The van der Waals surface area contributed by atoms with E-state index in [0.717, 1.165) is 37.1 Å². The van der Waals surface area contributed by atoms with E-state index in [4.69, 9.17) is 0 Å². The zero-order valence-corrected chi connectivity index (χ0v) is 17.6. The molecule has 2 aliphatic heterocycles. The van der Waals surface area contributed by atoms with Gasteiger partial charge in [0.1, 0.15) is 5.82 Å². The number of nitrogens with zero attached hydrogens (tertiary/aromatic N) is 5. The van der Waals surface area contributed by atoms with Crippen LogP contribution in [-0.4, -0.2) is 58.5 Å². The van der Waals surface area contributed by atoms with E-state index in [2.05, 4.69) is 60.4 Å². The quantitative estimate of drug-likeness (QED) is 0.641. The molecule has 0 radical (unpaired) electrons. The highest BCUT2D eigenvalue weighted by atomic mass is 15.3. The topological polar surface area (TPSA) is 56.7 Å². The van der Waals surface area contributed by atoms with Crippen molar-refractivity contribution >= 4 is 5.96 Å². The standard InChI is InChI=1S/C23H32N6/c1-18-25-12-10-21(27-18)15-26-23(24-2)29-14-11-22-20(17-29)9-6-13-28(22)16-19-7-4-3-5-8-19/h3-5,7-8,10,12,20,22H,6,9,11,13-17H2,1-2H3,(H,24,26). The van der Waals surface area contributed by atoms with E-state index in [1.54, 1.807) is 0 Å². The fourth-order valence-electron chi connectivity index (χ4n) is 4.82. The number of aryl methyl sites for hydroxylation is 1. The molecule has 6 heteroatoms. The fraction of sp³-hybridized carbons (Fsp3) is 0.522. The number of hydrogen-bond acceptors (Lipinski definition) is 4. The van der Waals surface area contributed by atoms with E-state index in [0.29, 0.717) is 18.5 Å². The van der Waals surface area contributed by atoms with E-state index in [-0.39, 0.29) is 0 Å². The van der Waals surface area contributed by atoms with Gasteiger partial charge in [-0.3, -0.25) is 9.89 Å². The maximum atomic E-state index is 4.55. The summed E-state index contributed by atoms with van der Waals surface area (Å²) >= 11 is 0. The van der Waals surface area contributed by atoms with Crippen LogP contribution in [0.3, 0.4) is 0 Å². The van der Waals surface area contributed by atoms with Gasteiger partial charge in [-0.05, 0) is 50.3 Å². The van der Waals surface area contributed by atoms with Crippen LogP contribution in [0, 0.1) is 12.8 Å². The molecule has 154 valence electrons. The Hall–Kier alpha value is -2.47. The van der Waals surface area contributed by atoms with Crippen molar-refractivity contribution in [3.63, 3.8) is 0 Å². The van der Waals surface area contributed by atoms with E-state index in [1.165, 1.54) is 31.4 Å². The third-order valence-corrected chi connectivity index (χ3v) is 6.18. The molecule has 2 saturated heterocycles. The molecule has 0 aliphatic carbocycles. The second-order valence-electron chi connectivity index (χ2n) is 8.16. The lowest BCUT2D eigenvalue weighted by Gasteiger charge is -2.48. The summed E-state index contributed by atoms with van der Waals surface area (Å²) in [6, 6.07) is 13.5. The van der Waals surface area contributed by atoms with Crippen molar-refractivity contribution in [1.82, 2.24) is 25.1 Å². The molecule has 0 amide bonds. The molecule has 0 bridgehead atoms. The zero-order chi connectivity index (χ0) is 20.1. The van der Waals surface area contributed by atoms with Gasteiger partial charge in [-0.25, -0.2) is 9.97 Å². The molecule has 2 aromatic rings. The molecule has 4 rings (SSSR count). The Kier molecular flexibility index (Phi) is 6.39. The van der Waals surface area contributed by atoms with Crippen molar-refractivity contribution in [2.45, 2.75) is 45.3 Å². The number of guanidine groups is 1. The van der Waals surface area contributed by atoms with Crippen LogP contribution in [0.1, 0.15) is 36.3 Å². The minimum atomic E-state index is 0.681. The van der Waals surface area contributed by atoms with Crippen LogP contribution in [0.25, 0.3) is 0 Å². The summed E-state index contributed by atoms with van der Waals surface area (Å²) in [4.78, 5) is 18.3. The third kappa shape index (κ3) is 4.93. The van der Waals surface area contributed by atoms with Crippen LogP contribution < -0.4 is 5.32 Å². The van der Waals surface area contributed by atoms with Gasteiger partial charge in [-0.1, -0.05) is 30.3 Å². The van der Waals surface area contributed by atoms with Gasteiger partial charge in [0.15, 0.2) is 5.96 Å². The molecule has 2 unspecified atom stereocenters. The lowest BCUT2D eigenvalue weighted by Crippen LogP contribution is -2.56. The Bertz CT molecular complexity index is 821. The van der Waals surface area contributed by atoms with Gasteiger partial charge in [0.25, 0.3) is 0 Å². The van der Waals surface area contributed by atoms with E-state index in [1.807, 2.05) is 26.2 Å². The maximum absolute atomic E-state index is 4.55. The molecule has 29 heavy (non-hydrogen) atoms. The lowest BCUT2D eigenvalue weighted by molar-refractivity contribution is 0.0372. The summed E-state index contributed by atoms with van der Waals surface area (Å²) in [6.45, 7) is 7.03. The highest BCUT2D eigenvalue weighted by molar-refractivity contribution is 5.80. The number of fused-ring (bicyclic) bond motifs is 1. The normalized spacial score (nSPS) is 23.0. The van der Waals surface area contributed by atoms with Crippen molar-refractivity contribution in [2.75, 3.05) is 26.7 Å². The van der Waals surface area contributed by atoms with Crippen LogP contribution >= 0.6 is 0 Å². The zero-order valence-electron chi connectivity index (χ0n) is 17.6. The molecular weight excluding hydrogens is 360 g/mol. The molecular formula is C23H32N6. The van der Waals surface area contributed by atoms with Gasteiger partial charge in [0.2, 0.25) is 0 Å². The van der Waals surface area contributed by atoms with Crippen LogP contribution in [0.2, 0.25) is 0 Å². The van der Waals surface area contributed by atoms with Crippen LogP contribution in [0.15, 0.2) is 47.6 Å². The minimum Gasteiger partial charge on any atom is -0.351 e. The van der Waals surface area contributed by atoms with Crippen molar-refractivity contribution in [3.8, 4) is 0 Å². The average Bonchev–Trinajstić information content (AvgIpc) is 2.75. The van der Waals surface area contributed by atoms with Crippen LogP contribution in [-0.2, 0) is 13.1 Å².